The van der Waals surface area contributed by atoms with Crippen LogP contribution in [0.15, 0.2) is 35.1 Å². The van der Waals surface area contributed by atoms with Crippen molar-refractivity contribution in [2.24, 2.45) is 0 Å². The van der Waals surface area contributed by atoms with Crippen LogP contribution in [0.2, 0.25) is 5.15 Å². The molecule has 6 heteroatoms. The molecule has 0 unspecified atom stereocenters. The highest BCUT2D eigenvalue weighted by molar-refractivity contribution is 6.29. The second kappa shape index (κ2) is 4.97. The van der Waals surface area contributed by atoms with Crippen molar-refractivity contribution in [2.75, 3.05) is 7.11 Å². The van der Waals surface area contributed by atoms with Gasteiger partial charge in [-0.25, -0.2) is 9.67 Å². The molecule has 88 valence electrons. The van der Waals surface area contributed by atoms with E-state index in [1.807, 2.05) is 0 Å². The normalized spacial score (nSPS) is 10.2. The minimum absolute atomic E-state index is 0.215. The van der Waals surface area contributed by atoms with Crippen molar-refractivity contribution >= 4 is 11.6 Å². The summed E-state index contributed by atoms with van der Waals surface area (Å²) in [5, 5.41) is 4.40. The van der Waals surface area contributed by atoms with Gasteiger partial charge >= 0.3 is 0 Å². The van der Waals surface area contributed by atoms with Crippen LogP contribution in [0.3, 0.4) is 0 Å². The zero-order valence-corrected chi connectivity index (χ0v) is 9.89. The van der Waals surface area contributed by atoms with Crippen LogP contribution in [0.5, 0.6) is 5.88 Å². The second-order valence-electron chi connectivity index (χ2n) is 3.32. The number of hydrogen-bond donors (Lipinski definition) is 0. The van der Waals surface area contributed by atoms with E-state index in [0.29, 0.717) is 16.7 Å². The van der Waals surface area contributed by atoms with Gasteiger partial charge in [0.15, 0.2) is 0 Å². The first kappa shape index (κ1) is 11.6. The van der Waals surface area contributed by atoms with Gasteiger partial charge in [0.25, 0.3) is 5.56 Å². The maximum absolute atomic E-state index is 11.6. The molecule has 0 fully saturated rings. The van der Waals surface area contributed by atoms with Crippen molar-refractivity contribution in [3.63, 3.8) is 0 Å². The van der Waals surface area contributed by atoms with E-state index in [1.165, 1.54) is 23.9 Å². The molecule has 0 aliphatic heterocycles. The standard InChI is InChI=1S/C11H10ClN3O2/c1-17-10-5-6-11(16)15(14-10)7-8-3-2-4-9(12)13-8/h2-6H,7H2,1H3. The van der Waals surface area contributed by atoms with Crippen LogP contribution in [0.25, 0.3) is 0 Å². The first-order valence-electron chi connectivity index (χ1n) is 4.92. The van der Waals surface area contributed by atoms with Crippen molar-refractivity contribution < 1.29 is 4.74 Å². The minimum atomic E-state index is -0.215. The quantitative estimate of drug-likeness (QED) is 0.773. The zero-order chi connectivity index (χ0) is 12.3. The largest absolute Gasteiger partial charge is 0.480 e. The van der Waals surface area contributed by atoms with Gasteiger partial charge in [-0.1, -0.05) is 17.7 Å². The lowest BCUT2D eigenvalue weighted by Crippen LogP contribution is -2.23. The molecule has 17 heavy (non-hydrogen) atoms. The molecule has 2 aromatic heterocycles. The van der Waals surface area contributed by atoms with Gasteiger partial charge in [0, 0.05) is 12.1 Å². The van der Waals surface area contributed by atoms with Crippen LogP contribution < -0.4 is 10.3 Å². The van der Waals surface area contributed by atoms with Crippen molar-refractivity contribution in [3.8, 4) is 5.88 Å². The Hall–Kier alpha value is -1.88. The number of hydrogen-bond acceptors (Lipinski definition) is 4. The molecular weight excluding hydrogens is 242 g/mol. The average Bonchev–Trinajstić information content (AvgIpc) is 2.32. The van der Waals surface area contributed by atoms with Crippen molar-refractivity contribution in [3.05, 3.63) is 51.5 Å². The van der Waals surface area contributed by atoms with Gasteiger partial charge in [0.2, 0.25) is 5.88 Å². The molecule has 5 nitrogen and oxygen atoms in total. The van der Waals surface area contributed by atoms with E-state index in [9.17, 15) is 4.79 Å². The van der Waals surface area contributed by atoms with E-state index in [-0.39, 0.29) is 12.1 Å². The van der Waals surface area contributed by atoms with Gasteiger partial charge in [-0.15, -0.1) is 5.10 Å². The summed E-state index contributed by atoms with van der Waals surface area (Å²) in [5.74, 6) is 0.381. The molecule has 0 radical (unpaired) electrons. The second-order valence-corrected chi connectivity index (χ2v) is 3.71. The summed E-state index contributed by atoms with van der Waals surface area (Å²) in [5.41, 5.74) is 0.452. The van der Waals surface area contributed by atoms with Crippen LogP contribution in [0.1, 0.15) is 5.69 Å². The van der Waals surface area contributed by atoms with Crippen LogP contribution in [-0.2, 0) is 6.54 Å². The third kappa shape index (κ3) is 2.82. The van der Waals surface area contributed by atoms with Gasteiger partial charge in [0.05, 0.1) is 19.3 Å². The van der Waals surface area contributed by atoms with Crippen LogP contribution in [0.4, 0.5) is 0 Å². The first-order valence-corrected chi connectivity index (χ1v) is 5.30. The predicted molar refractivity (Wildman–Crippen MR) is 63.4 cm³/mol. The number of nitrogens with zero attached hydrogens (tertiary/aromatic N) is 3. The number of ether oxygens (including phenoxy) is 1. The van der Waals surface area contributed by atoms with E-state index in [2.05, 4.69) is 10.1 Å². The van der Waals surface area contributed by atoms with Gasteiger partial charge < -0.3 is 4.74 Å². The fraction of sp³-hybridized carbons (Fsp3) is 0.182. The molecule has 0 N–H and O–H groups in total. The molecule has 0 saturated carbocycles. The Bertz CT molecular complexity index is 583. The van der Waals surface area contributed by atoms with Crippen LogP contribution in [-0.4, -0.2) is 21.9 Å². The van der Waals surface area contributed by atoms with Gasteiger partial charge in [0.1, 0.15) is 5.15 Å². The highest BCUT2D eigenvalue weighted by atomic mass is 35.5. The fourth-order valence-corrected chi connectivity index (χ4v) is 1.53. The molecule has 0 spiro atoms. The van der Waals surface area contributed by atoms with Crippen LogP contribution in [0, 0.1) is 0 Å². The van der Waals surface area contributed by atoms with E-state index in [4.69, 9.17) is 16.3 Å². The first-order chi connectivity index (χ1) is 8.19. The Morgan fingerprint density at radius 3 is 2.88 bits per heavy atom. The topological polar surface area (TPSA) is 57.0 Å². The van der Waals surface area contributed by atoms with E-state index >= 15 is 0 Å². The molecule has 0 aromatic carbocycles. The SMILES string of the molecule is COc1ccc(=O)n(Cc2cccc(Cl)n2)n1. The lowest BCUT2D eigenvalue weighted by Gasteiger charge is -2.05. The maximum atomic E-state index is 11.6. The summed E-state index contributed by atoms with van der Waals surface area (Å²) >= 11 is 5.77. The van der Waals surface area contributed by atoms with Gasteiger partial charge in [-0.3, -0.25) is 4.79 Å². The molecule has 0 atom stereocenters. The summed E-state index contributed by atoms with van der Waals surface area (Å²) in [7, 11) is 1.49. The average molecular weight is 252 g/mol. The van der Waals surface area contributed by atoms with Crippen molar-refractivity contribution in [1.29, 1.82) is 0 Å². The molecule has 0 bridgehead atoms. The molecule has 2 aromatic rings. The molecular formula is C11H10ClN3O2. The third-order valence-corrected chi connectivity index (χ3v) is 2.35. The fourth-order valence-electron chi connectivity index (χ4n) is 1.34. The highest BCUT2D eigenvalue weighted by Gasteiger charge is 2.03. The lowest BCUT2D eigenvalue weighted by atomic mass is 10.3. The minimum Gasteiger partial charge on any atom is -0.480 e. The predicted octanol–water partition coefficient (Wildman–Crippen LogP) is 1.35. The molecule has 2 heterocycles. The number of aromatic nitrogens is 3. The summed E-state index contributed by atoms with van der Waals surface area (Å²) in [4.78, 5) is 15.7. The van der Waals surface area contributed by atoms with E-state index < -0.39 is 0 Å². The summed E-state index contributed by atoms with van der Waals surface area (Å²) < 4.78 is 6.23. The van der Waals surface area contributed by atoms with E-state index in [1.54, 1.807) is 18.2 Å². The Labute approximate surface area is 103 Å². The maximum Gasteiger partial charge on any atom is 0.267 e. The molecule has 2 rings (SSSR count). The highest BCUT2D eigenvalue weighted by Crippen LogP contribution is 2.06. The molecule has 0 amide bonds. The summed E-state index contributed by atoms with van der Waals surface area (Å²) in [6, 6.07) is 8.14. The summed E-state index contributed by atoms with van der Waals surface area (Å²) in [6.45, 7) is 0.261. The number of rotatable bonds is 3. The third-order valence-electron chi connectivity index (χ3n) is 2.14. The monoisotopic (exact) mass is 251 g/mol. The lowest BCUT2D eigenvalue weighted by molar-refractivity contribution is 0.378. The van der Waals surface area contributed by atoms with Crippen molar-refractivity contribution in [1.82, 2.24) is 14.8 Å². The smallest absolute Gasteiger partial charge is 0.267 e. The number of pyridine rings is 1. The van der Waals surface area contributed by atoms with Gasteiger partial charge in [-0.2, -0.15) is 0 Å². The zero-order valence-electron chi connectivity index (χ0n) is 9.13. The molecule has 0 aliphatic rings. The molecule has 0 saturated heterocycles. The van der Waals surface area contributed by atoms with Crippen molar-refractivity contribution in [2.45, 2.75) is 6.54 Å². The summed E-state index contributed by atoms with van der Waals surface area (Å²) in [6.07, 6.45) is 0. The Morgan fingerprint density at radius 2 is 2.18 bits per heavy atom. The number of methoxy groups -OCH3 is 1. The van der Waals surface area contributed by atoms with Crippen LogP contribution >= 0.6 is 11.6 Å². The van der Waals surface area contributed by atoms with E-state index in [0.717, 1.165) is 0 Å². The Balaban J connectivity index is 2.32. The Kier molecular flexibility index (Phi) is 3.39. The Morgan fingerprint density at radius 1 is 1.35 bits per heavy atom. The van der Waals surface area contributed by atoms with Gasteiger partial charge in [-0.05, 0) is 12.1 Å². The number of halogens is 1. The molecule has 0 aliphatic carbocycles.